The second kappa shape index (κ2) is 10.7. The fourth-order valence-electron chi connectivity index (χ4n) is 4.36. The second-order valence-electron chi connectivity index (χ2n) is 9.10. The molecule has 36 heavy (non-hydrogen) atoms. The van der Waals surface area contributed by atoms with E-state index in [0.717, 1.165) is 25.9 Å². The summed E-state index contributed by atoms with van der Waals surface area (Å²) in [6.45, 7) is 6.35. The van der Waals surface area contributed by atoms with Gasteiger partial charge in [0.1, 0.15) is 0 Å². The van der Waals surface area contributed by atoms with E-state index in [1.807, 2.05) is 44.2 Å². The molecule has 1 saturated heterocycles. The van der Waals surface area contributed by atoms with Crippen LogP contribution >= 0.6 is 0 Å². The summed E-state index contributed by atoms with van der Waals surface area (Å²) in [4.78, 5) is 54.2. The molecule has 1 aromatic heterocycles. The highest BCUT2D eigenvalue weighted by Gasteiger charge is 2.32. The molecule has 2 heterocycles. The van der Waals surface area contributed by atoms with E-state index in [4.69, 9.17) is 4.74 Å². The Bertz CT molecular complexity index is 1390. The number of carbonyl (C=O) groups excluding carboxylic acids is 2. The molecule has 0 unspecified atom stereocenters. The maximum absolute atomic E-state index is 13.5. The van der Waals surface area contributed by atoms with Crippen LogP contribution in [0.3, 0.4) is 0 Å². The summed E-state index contributed by atoms with van der Waals surface area (Å²) in [5.41, 5.74) is 1.41. The minimum absolute atomic E-state index is 0.00197. The third-order valence-electron chi connectivity index (χ3n) is 6.30. The van der Waals surface area contributed by atoms with E-state index >= 15 is 0 Å². The van der Waals surface area contributed by atoms with Gasteiger partial charge in [0.05, 0.1) is 24.8 Å². The van der Waals surface area contributed by atoms with Crippen molar-refractivity contribution < 1.29 is 14.3 Å². The van der Waals surface area contributed by atoms with E-state index < -0.39 is 23.1 Å². The Morgan fingerprint density at radius 1 is 1.06 bits per heavy atom. The number of nitrogens with zero attached hydrogens (tertiary/aromatic N) is 4. The number of esters is 1. The van der Waals surface area contributed by atoms with Crippen LogP contribution in [0.4, 0.5) is 0 Å². The molecule has 0 aliphatic carbocycles. The largest absolute Gasteiger partial charge is 0.466 e. The van der Waals surface area contributed by atoms with Crippen molar-refractivity contribution >= 4 is 11.9 Å². The molecular formula is C27H30N4O5. The first-order valence-electron chi connectivity index (χ1n) is 12.1. The van der Waals surface area contributed by atoms with Gasteiger partial charge in [0.2, 0.25) is 5.69 Å². The van der Waals surface area contributed by atoms with E-state index in [-0.39, 0.29) is 31.4 Å². The van der Waals surface area contributed by atoms with Gasteiger partial charge < -0.3 is 9.64 Å². The van der Waals surface area contributed by atoms with E-state index in [1.165, 1.54) is 4.90 Å². The smallest absolute Gasteiger partial charge is 0.352 e. The highest BCUT2D eigenvalue weighted by atomic mass is 16.5. The molecule has 0 radical (unpaired) electrons. The molecule has 9 heteroatoms. The van der Waals surface area contributed by atoms with Gasteiger partial charge in [-0.3, -0.25) is 19.0 Å². The van der Waals surface area contributed by atoms with Gasteiger partial charge in [0.15, 0.2) is 0 Å². The highest BCUT2D eigenvalue weighted by Crippen LogP contribution is 2.19. The van der Waals surface area contributed by atoms with E-state index in [0.29, 0.717) is 25.1 Å². The third kappa shape index (κ3) is 5.30. The van der Waals surface area contributed by atoms with Crippen molar-refractivity contribution in [3.8, 4) is 5.69 Å². The standard InChI is InChI=1S/C27H30N4O5/c1-4-36-26(34)21-8-6-14-29(17-21)24(32)23-25(33)30(16-20-12-10-18(2)11-13-20)27(35)31(28-23)22-9-5-7-19(3)15-22/h5,7,9-13,15,21H,4,6,8,14,16-17H2,1-3H3/t21-/m1/s1. The van der Waals surface area contributed by atoms with Crippen LogP contribution in [0.15, 0.2) is 58.1 Å². The average Bonchev–Trinajstić information content (AvgIpc) is 2.87. The van der Waals surface area contributed by atoms with Crippen molar-refractivity contribution in [2.75, 3.05) is 19.7 Å². The lowest BCUT2D eigenvalue weighted by atomic mass is 9.98. The molecular weight excluding hydrogens is 460 g/mol. The molecule has 188 valence electrons. The summed E-state index contributed by atoms with van der Waals surface area (Å²) in [7, 11) is 0. The molecule has 1 fully saturated rings. The van der Waals surface area contributed by atoms with E-state index in [9.17, 15) is 19.2 Å². The van der Waals surface area contributed by atoms with Crippen LogP contribution in [-0.4, -0.2) is 50.8 Å². The molecule has 4 rings (SSSR count). The van der Waals surface area contributed by atoms with Crippen molar-refractivity contribution in [3.63, 3.8) is 0 Å². The highest BCUT2D eigenvalue weighted by molar-refractivity contribution is 5.92. The van der Waals surface area contributed by atoms with Gasteiger partial charge in [-0.2, -0.15) is 9.78 Å². The fraction of sp³-hybridized carbons (Fsp3) is 0.370. The molecule has 0 saturated carbocycles. The maximum atomic E-state index is 13.5. The Morgan fingerprint density at radius 3 is 2.50 bits per heavy atom. The summed E-state index contributed by atoms with van der Waals surface area (Å²) in [5, 5.41) is 4.24. The number of benzene rings is 2. The van der Waals surface area contributed by atoms with Crippen LogP contribution in [-0.2, 0) is 16.1 Å². The van der Waals surface area contributed by atoms with E-state index in [2.05, 4.69) is 5.10 Å². The number of piperidine rings is 1. The molecule has 1 aliphatic heterocycles. The number of hydrogen-bond acceptors (Lipinski definition) is 6. The van der Waals surface area contributed by atoms with Crippen LogP contribution in [0.1, 0.15) is 46.9 Å². The van der Waals surface area contributed by atoms with Crippen molar-refractivity contribution in [2.24, 2.45) is 5.92 Å². The summed E-state index contributed by atoms with van der Waals surface area (Å²) in [5.74, 6) is -1.42. The van der Waals surface area contributed by atoms with Gasteiger partial charge in [-0.25, -0.2) is 4.79 Å². The molecule has 1 atom stereocenters. The molecule has 9 nitrogen and oxygen atoms in total. The first-order valence-corrected chi connectivity index (χ1v) is 12.1. The lowest BCUT2D eigenvalue weighted by Crippen LogP contribution is -2.49. The molecule has 2 aromatic carbocycles. The number of carbonyl (C=O) groups is 2. The summed E-state index contributed by atoms with van der Waals surface area (Å²) < 4.78 is 7.27. The van der Waals surface area contributed by atoms with Gasteiger partial charge in [0.25, 0.3) is 11.5 Å². The fourth-order valence-corrected chi connectivity index (χ4v) is 4.36. The minimum Gasteiger partial charge on any atom is -0.466 e. The number of aryl methyl sites for hydroxylation is 2. The first-order chi connectivity index (χ1) is 17.3. The van der Waals surface area contributed by atoms with Crippen molar-refractivity contribution in [1.82, 2.24) is 19.2 Å². The number of aromatic nitrogens is 3. The van der Waals surface area contributed by atoms with E-state index in [1.54, 1.807) is 25.1 Å². The van der Waals surface area contributed by atoms with Gasteiger partial charge in [-0.15, -0.1) is 0 Å². The van der Waals surface area contributed by atoms with Gasteiger partial charge in [-0.1, -0.05) is 42.0 Å². The zero-order valence-electron chi connectivity index (χ0n) is 20.8. The number of amides is 1. The van der Waals surface area contributed by atoms with Crippen molar-refractivity contribution in [3.05, 3.63) is 91.8 Å². The van der Waals surface area contributed by atoms with Crippen LogP contribution in [0.5, 0.6) is 0 Å². The predicted octanol–water partition coefficient (Wildman–Crippen LogP) is 2.47. The van der Waals surface area contributed by atoms with Gasteiger partial charge >= 0.3 is 11.7 Å². The van der Waals surface area contributed by atoms with Crippen molar-refractivity contribution in [1.29, 1.82) is 0 Å². The Hall–Kier alpha value is -4.01. The van der Waals surface area contributed by atoms with Crippen LogP contribution in [0.2, 0.25) is 0 Å². The van der Waals surface area contributed by atoms with Gasteiger partial charge in [-0.05, 0) is 56.9 Å². The summed E-state index contributed by atoms with van der Waals surface area (Å²) in [6, 6.07) is 14.6. The second-order valence-corrected chi connectivity index (χ2v) is 9.10. The summed E-state index contributed by atoms with van der Waals surface area (Å²) in [6.07, 6.45) is 1.21. The number of rotatable bonds is 6. The van der Waals surface area contributed by atoms with Crippen LogP contribution in [0, 0.1) is 19.8 Å². The lowest BCUT2D eigenvalue weighted by Gasteiger charge is -2.31. The normalized spacial score (nSPS) is 15.5. The zero-order chi connectivity index (χ0) is 25.8. The zero-order valence-corrected chi connectivity index (χ0v) is 20.8. The number of ether oxygens (including phenoxy) is 1. The van der Waals surface area contributed by atoms with Gasteiger partial charge in [0, 0.05) is 13.1 Å². The summed E-state index contributed by atoms with van der Waals surface area (Å²) >= 11 is 0. The number of hydrogen-bond donors (Lipinski definition) is 0. The Labute approximate surface area is 208 Å². The quantitative estimate of drug-likeness (QED) is 0.492. The molecule has 1 aliphatic rings. The first kappa shape index (κ1) is 25.1. The average molecular weight is 491 g/mol. The molecule has 0 N–H and O–H groups in total. The maximum Gasteiger partial charge on any atom is 0.352 e. The predicted molar refractivity (Wildman–Crippen MR) is 134 cm³/mol. The minimum atomic E-state index is -0.757. The molecule has 1 amide bonds. The molecule has 0 spiro atoms. The van der Waals surface area contributed by atoms with Crippen molar-refractivity contribution in [2.45, 2.75) is 40.2 Å². The third-order valence-corrected chi connectivity index (χ3v) is 6.30. The molecule has 0 bridgehead atoms. The van der Waals surface area contributed by atoms with Crippen LogP contribution < -0.4 is 11.2 Å². The SMILES string of the molecule is CCOC(=O)[C@@H]1CCCN(C(=O)c2nn(-c3cccc(C)c3)c(=O)n(Cc3ccc(C)cc3)c2=O)C1. The molecule has 3 aromatic rings. The lowest BCUT2D eigenvalue weighted by molar-refractivity contribution is -0.149. The monoisotopic (exact) mass is 490 g/mol. The number of likely N-dealkylation sites (tertiary alicyclic amines) is 1. The Kier molecular flexibility index (Phi) is 7.47. The Balaban J connectivity index is 1.78. The van der Waals surface area contributed by atoms with Crippen LogP contribution in [0.25, 0.3) is 5.69 Å². The Morgan fingerprint density at radius 2 is 1.81 bits per heavy atom. The topological polar surface area (TPSA) is 104 Å².